The summed E-state index contributed by atoms with van der Waals surface area (Å²) < 4.78 is 53.9. The van der Waals surface area contributed by atoms with Crippen molar-refractivity contribution >= 4 is 37.1 Å². The number of hydrogen-bond acceptors (Lipinski definition) is 8. The Morgan fingerprint density at radius 1 is 0.972 bits per heavy atom. The van der Waals surface area contributed by atoms with Crippen LogP contribution in [-0.2, 0) is 29.8 Å². The van der Waals surface area contributed by atoms with Gasteiger partial charge in [0.25, 0.3) is 0 Å². The number of ether oxygens (including phenoxy) is 1. The number of alkyl halides is 3. The average molecular weight is 511 g/mol. The molecule has 0 spiro atoms. The highest BCUT2D eigenvalue weighted by Gasteiger charge is 2.52. The van der Waals surface area contributed by atoms with E-state index in [9.17, 15) is 22.8 Å². The average Bonchev–Trinajstić information content (AvgIpc) is 2.94. The number of benzene rings is 1. The fourth-order valence-corrected chi connectivity index (χ4v) is 2.78. The molecule has 1 aliphatic rings. The molecule has 0 unspecified atom stereocenters. The van der Waals surface area contributed by atoms with Crippen molar-refractivity contribution in [2.45, 2.75) is 65.8 Å². The van der Waals surface area contributed by atoms with Crippen molar-refractivity contribution in [1.82, 2.24) is 4.98 Å². The minimum absolute atomic E-state index is 0.282. The van der Waals surface area contributed by atoms with Crippen LogP contribution in [0.1, 0.15) is 52.9 Å². The molecule has 0 aliphatic carbocycles. The summed E-state index contributed by atoms with van der Waals surface area (Å²) in [6.07, 6.45) is -4.48. The first kappa shape index (κ1) is 31.3. The Labute approximate surface area is 209 Å². The van der Waals surface area contributed by atoms with Crippen molar-refractivity contribution in [3.63, 3.8) is 0 Å². The van der Waals surface area contributed by atoms with E-state index in [1.807, 2.05) is 33.8 Å². The van der Waals surface area contributed by atoms with Gasteiger partial charge in [0.15, 0.2) is 0 Å². The summed E-state index contributed by atoms with van der Waals surface area (Å²) in [6.45, 7) is 11.3. The molecule has 196 valence electrons. The molecule has 0 bridgehead atoms. The lowest BCUT2D eigenvalue weighted by atomic mass is 9.79. The molecule has 1 fully saturated rings. The second-order valence-corrected chi connectivity index (χ2v) is 8.88. The van der Waals surface area contributed by atoms with Crippen LogP contribution in [0, 0.1) is 6.92 Å². The van der Waals surface area contributed by atoms with Crippen molar-refractivity contribution in [3.05, 3.63) is 53.9 Å². The number of aryl methyl sites for hydroxylation is 1. The van der Waals surface area contributed by atoms with Gasteiger partial charge in [0.05, 0.1) is 11.2 Å². The molecule has 2 N–H and O–H groups in total. The zero-order valence-electron chi connectivity index (χ0n) is 21.2. The highest BCUT2D eigenvalue weighted by Crippen LogP contribution is 2.37. The van der Waals surface area contributed by atoms with E-state index in [0.717, 1.165) is 6.07 Å². The van der Waals surface area contributed by atoms with Gasteiger partial charge >= 0.3 is 32.4 Å². The van der Waals surface area contributed by atoms with Crippen molar-refractivity contribution in [2.75, 3.05) is 0 Å². The number of carbonyl (C=O) groups is 2. The van der Waals surface area contributed by atoms with E-state index >= 15 is 0 Å². The molecule has 0 amide bonds. The molecule has 1 saturated heterocycles. The first-order valence-electron chi connectivity index (χ1n) is 10.9. The molecular weight excluding hydrogens is 481 g/mol. The van der Waals surface area contributed by atoms with E-state index in [0.29, 0.717) is 10.9 Å². The van der Waals surface area contributed by atoms with Crippen LogP contribution in [0.4, 0.5) is 13.2 Å². The van der Waals surface area contributed by atoms with Gasteiger partial charge in [-0.1, -0.05) is 30.3 Å². The first-order valence-corrected chi connectivity index (χ1v) is 10.9. The van der Waals surface area contributed by atoms with E-state index < -0.39 is 49.2 Å². The largest absolute Gasteiger partial charge is 0.494 e. The van der Waals surface area contributed by atoms with Crippen molar-refractivity contribution in [2.24, 2.45) is 0 Å². The predicted octanol–water partition coefficient (Wildman–Crippen LogP) is 2.17. The van der Waals surface area contributed by atoms with Gasteiger partial charge in [0, 0.05) is 19.5 Å². The van der Waals surface area contributed by atoms with Crippen LogP contribution in [0.2, 0.25) is 0 Å². The molecule has 2 aromatic rings. The number of rotatable bonds is 2. The molecular formula is C23H30B2F3NO7. The van der Waals surface area contributed by atoms with E-state index in [4.69, 9.17) is 19.4 Å². The van der Waals surface area contributed by atoms with Crippen LogP contribution in [0.5, 0.6) is 0 Å². The van der Waals surface area contributed by atoms with Crippen molar-refractivity contribution in [3.8, 4) is 0 Å². The van der Waals surface area contributed by atoms with Crippen molar-refractivity contribution < 1.29 is 46.9 Å². The number of hydrogen-bond donors (Lipinski definition) is 2. The van der Waals surface area contributed by atoms with Crippen LogP contribution in [0.15, 0.2) is 42.5 Å². The summed E-state index contributed by atoms with van der Waals surface area (Å²) in [4.78, 5) is 23.1. The molecule has 36 heavy (non-hydrogen) atoms. The van der Waals surface area contributed by atoms with Gasteiger partial charge in [0.2, 0.25) is 0 Å². The van der Waals surface area contributed by atoms with Gasteiger partial charge in [-0.3, -0.25) is 9.59 Å². The van der Waals surface area contributed by atoms with Gasteiger partial charge < -0.3 is 24.1 Å². The maximum Gasteiger partial charge on any atom is 0.494 e. The molecule has 1 aromatic carbocycles. The van der Waals surface area contributed by atoms with E-state index in [-0.39, 0.29) is 5.69 Å². The summed E-state index contributed by atoms with van der Waals surface area (Å²) in [5.74, 6) is -1.12. The highest BCUT2D eigenvalue weighted by atomic mass is 19.4. The Morgan fingerprint density at radius 3 is 1.78 bits per heavy atom. The van der Waals surface area contributed by atoms with E-state index in [1.54, 1.807) is 30.3 Å². The van der Waals surface area contributed by atoms with Crippen molar-refractivity contribution in [1.29, 1.82) is 0 Å². The van der Waals surface area contributed by atoms with Crippen LogP contribution in [-0.4, -0.2) is 52.4 Å². The zero-order valence-corrected chi connectivity index (χ0v) is 21.2. The normalized spacial score (nSPS) is 15.6. The fourth-order valence-electron chi connectivity index (χ4n) is 2.78. The zero-order chi connectivity index (χ0) is 27.9. The third-order valence-corrected chi connectivity index (χ3v) is 5.18. The molecule has 2 heterocycles. The Kier molecular flexibility index (Phi) is 10.9. The summed E-state index contributed by atoms with van der Waals surface area (Å²) >= 11 is 0. The van der Waals surface area contributed by atoms with Crippen LogP contribution < -0.4 is 10.9 Å². The van der Waals surface area contributed by atoms with Crippen LogP contribution in [0.25, 0.3) is 0 Å². The maximum atomic E-state index is 12.8. The lowest BCUT2D eigenvalue weighted by Crippen LogP contribution is -2.41. The standard InChI is InChI=1S/C13H17BF3NO2.C6H7BO2.C4H6O3/c1-8-6-9(7-10(18-8)13(15,16)17)14-19-11(2,3)12(4,5)20-14;8-7(9)6-4-2-1-3-5-6;1-3(5)7-4(2)6/h6-7H,1-5H3;1-5,8-9H;1-2H3. The SMILES string of the molecule is CC(=O)OC(C)=O.Cc1cc(B2OC(C)(C)C(C)(C)O2)cc(C(F)(F)F)n1.OB(O)c1ccccc1. The minimum atomic E-state index is -4.48. The number of aromatic nitrogens is 1. The Balaban J connectivity index is 0.000000333. The fraction of sp³-hybridized carbons (Fsp3) is 0.435. The number of esters is 2. The topological polar surface area (TPSA) is 115 Å². The second-order valence-electron chi connectivity index (χ2n) is 8.88. The quantitative estimate of drug-likeness (QED) is 0.359. The van der Waals surface area contributed by atoms with Gasteiger partial charge in [-0.2, -0.15) is 13.2 Å². The third-order valence-electron chi connectivity index (χ3n) is 5.18. The molecule has 0 atom stereocenters. The number of carbonyl (C=O) groups excluding carboxylic acids is 2. The summed E-state index contributed by atoms with van der Waals surface area (Å²) in [7, 11) is -2.16. The highest BCUT2D eigenvalue weighted by molar-refractivity contribution is 6.62. The Bertz CT molecular complexity index is 1000. The monoisotopic (exact) mass is 511 g/mol. The lowest BCUT2D eigenvalue weighted by molar-refractivity contribution is -0.156. The second kappa shape index (κ2) is 12.5. The molecule has 1 aliphatic heterocycles. The summed E-state index contributed by atoms with van der Waals surface area (Å²) in [6, 6.07) is 11.2. The predicted molar refractivity (Wildman–Crippen MR) is 128 cm³/mol. The van der Waals surface area contributed by atoms with Gasteiger partial charge in [-0.25, -0.2) is 4.98 Å². The van der Waals surface area contributed by atoms with Crippen LogP contribution in [0.3, 0.4) is 0 Å². The van der Waals surface area contributed by atoms with E-state index in [1.165, 1.54) is 20.8 Å². The maximum absolute atomic E-state index is 12.8. The number of nitrogens with zero attached hydrogens (tertiary/aromatic N) is 1. The van der Waals surface area contributed by atoms with Gasteiger partial charge in [-0.05, 0) is 57.7 Å². The number of pyridine rings is 1. The smallest absolute Gasteiger partial charge is 0.423 e. The molecule has 8 nitrogen and oxygen atoms in total. The Hall–Kier alpha value is -2.73. The van der Waals surface area contributed by atoms with Gasteiger partial charge in [-0.15, -0.1) is 0 Å². The summed E-state index contributed by atoms with van der Waals surface area (Å²) in [5.41, 5.74) is -0.965. The molecule has 0 radical (unpaired) electrons. The lowest BCUT2D eigenvalue weighted by Gasteiger charge is -2.32. The Morgan fingerprint density at radius 2 is 1.44 bits per heavy atom. The van der Waals surface area contributed by atoms with E-state index in [2.05, 4.69) is 9.72 Å². The minimum Gasteiger partial charge on any atom is -0.423 e. The summed E-state index contributed by atoms with van der Waals surface area (Å²) in [5, 5.41) is 17.2. The van der Waals surface area contributed by atoms with Gasteiger partial charge in [0.1, 0.15) is 5.69 Å². The molecule has 3 rings (SSSR count). The molecule has 1 aromatic heterocycles. The molecule has 13 heteroatoms. The third kappa shape index (κ3) is 9.73. The molecule has 0 saturated carbocycles. The van der Waals surface area contributed by atoms with Crippen LogP contribution >= 0.6 is 0 Å². The first-order chi connectivity index (χ1) is 16.4. The number of halogens is 3.